The molecule has 0 fully saturated rings. The molecular formula is C11H11N2O2+. The second kappa shape index (κ2) is 3.59. The van der Waals surface area contributed by atoms with Gasteiger partial charge in [-0.3, -0.25) is 9.78 Å². The van der Waals surface area contributed by atoms with Crippen LogP contribution in [-0.4, -0.2) is 16.6 Å². The first-order chi connectivity index (χ1) is 7.18. The molecule has 0 spiro atoms. The topological polar surface area (TPSA) is 65.1 Å². The number of rotatable bonds is 1. The fraction of sp³-hybridized carbons (Fsp3) is 0.182. The first kappa shape index (κ1) is 9.49. The molecule has 4 heteroatoms. The van der Waals surface area contributed by atoms with Gasteiger partial charge in [0, 0.05) is 11.6 Å². The highest BCUT2D eigenvalue weighted by molar-refractivity contribution is 5.76. The third-order valence-corrected chi connectivity index (χ3v) is 2.24. The van der Waals surface area contributed by atoms with Gasteiger partial charge >= 0.3 is 0 Å². The Labute approximate surface area is 87.0 Å². The molecule has 0 amide bonds. The SMILES string of the molecule is Cc1cc(=O)[nH]c(O)c1C1=CCNC=[C+]1. The van der Waals surface area contributed by atoms with Crippen LogP contribution in [0, 0.1) is 13.0 Å². The molecule has 1 aliphatic rings. The minimum atomic E-state index is -0.299. The second-order valence-corrected chi connectivity index (χ2v) is 3.35. The Morgan fingerprint density at radius 1 is 1.53 bits per heavy atom. The molecule has 1 aliphatic heterocycles. The number of aromatic hydroxyl groups is 1. The molecule has 1 aromatic rings. The van der Waals surface area contributed by atoms with Crippen molar-refractivity contribution < 1.29 is 5.11 Å². The molecule has 0 saturated carbocycles. The minimum Gasteiger partial charge on any atom is -0.484 e. The summed E-state index contributed by atoms with van der Waals surface area (Å²) in [5.41, 5.74) is 1.87. The van der Waals surface area contributed by atoms with Gasteiger partial charge in [-0.05, 0) is 6.92 Å². The van der Waals surface area contributed by atoms with Gasteiger partial charge in [-0.1, -0.05) is 0 Å². The zero-order valence-corrected chi connectivity index (χ0v) is 8.29. The minimum absolute atomic E-state index is 0.103. The maximum absolute atomic E-state index is 11.1. The molecule has 0 atom stereocenters. The van der Waals surface area contributed by atoms with Crippen LogP contribution in [0.5, 0.6) is 5.88 Å². The van der Waals surface area contributed by atoms with E-state index in [2.05, 4.69) is 16.4 Å². The van der Waals surface area contributed by atoms with Crippen molar-refractivity contribution in [2.24, 2.45) is 0 Å². The Kier molecular flexibility index (Phi) is 2.27. The van der Waals surface area contributed by atoms with Gasteiger partial charge in [0.25, 0.3) is 11.4 Å². The summed E-state index contributed by atoms with van der Waals surface area (Å²) in [4.78, 5) is 13.4. The van der Waals surface area contributed by atoms with E-state index in [1.54, 1.807) is 13.1 Å². The zero-order valence-electron chi connectivity index (χ0n) is 8.29. The Morgan fingerprint density at radius 2 is 2.33 bits per heavy atom. The van der Waals surface area contributed by atoms with Crippen LogP contribution in [0.1, 0.15) is 11.1 Å². The number of allylic oxidation sites excluding steroid dienone is 2. The van der Waals surface area contributed by atoms with Crippen molar-refractivity contribution in [3.8, 4) is 5.88 Å². The van der Waals surface area contributed by atoms with Crippen LogP contribution in [0.3, 0.4) is 0 Å². The predicted molar refractivity (Wildman–Crippen MR) is 57.3 cm³/mol. The van der Waals surface area contributed by atoms with Gasteiger partial charge in [0.2, 0.25) is 5.57 Å². The monoisotopic (exact) mass is 203 g/mol. The van der Waals surface area contributed by atoms with Crippen LogP contribution in [0.15, 0.2) is 23.1 Å². The Hall–Kier alpha value is -2.06. The van der Waals surface area contributed by atoms with Gasteiger partial charge in [0.15, 0.2) is 5.56 Å². The average Bonchev–Trinajstić information content (AvgIpc) is 2.17. The largest absolute Gasteiger partial charge is 0.484 e. The quantitative estimate of drug-likeness (QED) is 0.588. The summed E-state index contributed by atoms with van der Waals surface area (Å²) < 4.78 is 0. The van der Waals surface area contributed by atoms with Gasteiger partial charge in [-0.15, -0.1) is 0 Å². The lowest BCUT2D eigenvalue weighted by molar-refractivity contribution is 0.449. The lowest BCUT2D eigenvalue weighted by Gasteiger charge is -2.03. The summed E-state index contributed by atoms with van der Waals surface area (Å²) in [5.74, 6) is -0.103. The molecule has 3 N–H and O–H groups in total. The fourth-order valence-corrected chi connectivity index (χ4v) is 1.59. The summed E-state index contributed by atoms with van der Waals surface area (Å²) in [6.07, 6.45) is 6.58. The number of hydrogen-bond acceptors (Lipinski definition) is 3. The molecule has 15 heavy (non-hydrogen) atoms. The first-order valence-electron chi connectivity index (χ1n) is 4.63. The van der Waals surface area contributed by atoms with E-state index in [-0.39, 0.29) is 11.4 Å². The Balaban J connectivity index is 2.57. The summed E-state index contributed by atoms with van der Waals surface area (Å²) in [5, 5.41) is 12.6. The van der Waals surface area contributed by atoms with Gasteiger partial charge in [0.05, 0.1) is 18.7 Å². The summed E-state index contributed by atoms with van der Waals surface area (Å²) >= 11 is 0. The molecule has 2 rings (SSSR count). The fourth-order valence-electron chi connectivity index (χ4n) is 1.59. The second-order valence-electron chi connectivity index (χ2n) is 3.35. The maximum Gasteiger partial charge on any atom is 0.261 e. The lowest BCUT2D eigenvalue weighted by Crippen LogP contribution is -2.11. The van der Waals surface area contributed by atoms with Gasteiger partial charge in [-0.2, -0.15) is 0 Å². The van der Waals surface area contributed by atoms with Crippen LogP contribution in [0.2, 0.25) is 0 Å². The maximum atomic E-state index is 11.1. The molecule has 1 aromatic heterocycles. The van der Waals surface area contributed by atoms with E-state index < -0.39 is 0 Å². The number of pyridine rings is 1. The molecule has 0 bridgehead atoms. The third kappa shape index (κ3) is 1.75. The average molecular weight is 203 g/mol. The summed E-state index contributed by atoms with van der Waals surface area (Å²) in [6.45, 7) is 2.48. The molecule has 2 heterocycles. The van der Waals surface area contributed by atoms with Crippen LogP contribution < -0.4 is 10.9 Å². The van der Waals surface area contributed by atoms with Crippen LogP contribution in [0.25, 0.3) is 5.57 Å². The molecule has 0 aliphatic carbocycles. The summed E-state index contributed by atoms with van der Waals surface area (Å²) in [6, 6.07) is 1.46. The smallest absolute Gasteiger partial charge is 0.261 e. The van der Waals surface area contributed by atoms with E-state index in [4.69, 9.17) is 0 Å². The van der Waals surface area contributed by atoms with Crippen molar-refractivity contribution in [2.75, 3.05) is 6.54 Å². The van der Waals surface area contributed by atoms with Crippen molar-refractivity contribution in [1.29, 1.82) is 0 Å². The highest BCUT2D eigenvalue weighted by atomic mass is 16.3. The van der Waals surface area contributed by atoms with E-state index in [9.17, 15) is 9.90 Å². The summed E-state index contributed by atoms with van der Waals surface area (Å²) in [7, 11) is 0. The van der Waals surface area contributed by atoms with E-state index in [1.807, 2.05) is 6.08 Å². The van der Waals surface area contributed by atoms with Gasteiger partial charge in [0.1, 0.15) is 6.20 Å². The Bertz CT molecular complexity index is 472. The van der Waals surface area contributed by atoms with Crippen LogP contribution in [0.4, 0.5) is 0 Å². The van der Waals surface area contributed by atoms with Crippen molar-refractivity contribution in [3.05, 3.63) is 45.9 Å². The van der Waals surface area contributed by atoms with Crippen molar-refractivity contribution >= 4 is 5.57 Å². The Morgan fingerprint density at radius 3 is 2.93 bits per heavy atom. The lowest BCUT2D eigenvalue weighted by atomic mass is 10.0. The number of aromatic amines is 1. The first-order valence-corrected chi connectivity index (χ1v) is 4.63. The number of aromatic nitrogens is 1. The number of nitrogens with one attached hydrogen (secondary N) is 2. The van der Waals surface area contributed by atoms with Crippen molar-refractivity contribution in [1.82, 2.24) is 10.3 Å². The molecular weight excluding hydrogens is 192 g/mol. The molecule has 0 unspecified atom stereocenters. The predicted octanol–water partition coefficient (Wildman–Crippen LogP) is 0.692. The van der Waals surface area contributed by atoms with E-state index in [0.717, 1.165) is 11.1 Å². The number of dihydropyridines is 1. The van der Waals surface area contributed by atoms with E-state index in [0.29, 0.717) is 12.1 Å². The molecule has 76 valence electrons. The van der Waals surface area contributed by atoms with Gasteiger partial charge < -0.3 is 10.4 Å². The number of hydrogen-bond donors (Lipinski definition) is 3. The van der Waals surface area contributed by atoms with E-state index >= 15 is 0 Å². The standard InChI is InChI=1S/C11H10N2O2/c1-7-6-9(14)13-11(15)10(7)8-2-4-12-5-3-8/h2,5-6,12H,4H2,1H3,(H-,13,14,15)/p+1. The molecule has 0 radical (unpaired) electrons. The van der Waals surface area contributed by atoms with Crippen molar-refractivity contribution in [2.45, 2.75) is 6.92 Å². The number of aryl methyl sites for hydroxylation is 1. The van der Waals surface area contributed by atoms with Gasteiger partial charge in [-0.25, -0.2) is 0 Å². The zero-order chi connectivity index (χ0) is 10.8. The van der Waals surface area contributed by atoms with Crippen LogP contribution >= 0.6 is 0 Å². The van der Waals surface area contributed by atoms with Crippen LogP contribution in [-0.2, 0) is 0 Å². The highest BCUT2D eigenvalue weighted by Gasteiger charge is 2.21. The normalized spacial score (nSPS) is 14.1. The molecule has 0 saturated heterocycles. The third-order valence-electron chi connectivity index (χ3n) is 2.24. The molecule has 0 aromatic carbocycles. The van der Waals surface area contributed by atoms with Crippen molar-refractivity contribution in [3.63, 3.8) is 0 Å². The molecule has 4 nitrogen and oxygen atoms in total. The number of H-pyrrole nitrogens is 1. The van der Waals surface area contributed by atoms with E-state index in [1.165, 1.54) is 6.07 Å². The highest BCUT2D eigenvalue weighted by Crippen LogP contribution is 2.26.